The quantitative estimate of drug-likeness (QED) is 0.765. The van der Waals surface area contributed by atoms with E-state index in [0.717, 1.165) is 16.7 Å². The molecular weight excluding hydrogens is 334 g/mol. The lowest BCUT2D eigenvalue weighted by molar-refractivity contribution is 0.190. The van der Waals surface area contributed by atoms with Crippen molar-refractivity contribution in [3.63, 3.8) is 0 Å². The SMILES string of the molecule is COCCCn1c(=C(C#N)C#N)s/c(=C\c2cc(C)ccc2C)c1=O. The average molecular weight is 353 g/mol. The molecule has 0 spiro atoms. The van der Waals surface area contributed by atoms with Crippen molar-refractivity contribution in [1.29, 1.82) is 10.5 Å². The summed E-state index contributed by atoms with van der Waals surface area (Å²) in [6.07, 6.45) is 2.46. The minimum Gasteiger partial charge on any atom is -0.385 e. The maximum absolute atomic E-state index is 12.8. The van der Waals surface area contributed by atoms with Gasteiger partial charge in [-0.05, 0) is 37.5 Å². The number of benzene rings is 1. The van der Waals surface area contributed by atoms with Crippen LogP contribution in [0.4, 0.5) is 0 Å². The van der Waals surface area contributed by atoms with Crippen LogP contribution in [0.2, 0.25) is 0 Å². The van der Waals surface area contributed by atoms with Gasteiger partial charge in [0.25, 0.3) is 5.56 Å². The first kappa shape index (κ1) is 18.7. The normalized spacial score (nSPS) is 11.2. The predicted molar refractivity (Wildman–Crippen MR) is 98.4 cm³/mol. The first-order valence-corrected chi connectivity index (χ1v) is 8.65. The third-order valence-electron chi connectivity index (χ3n) is 3.80. The monoisotopic (exact) mass is 353 g/mol. The summed E-state index contributed by atoms with van der Waals surface area (Å²) in [7, 11) is 1.60. The Balaban J connectivity index is 2.72. The minimum atomic E-state index is -0.181. The predicted octanol–water partition coefficient (Wildman–Crippen LogP) is 1.59. The Morgan fingerprint density at radius 1 is 1.32 bits per heavy atom. The van der Waals surface area contributed by atoms with Gasteiger partial charge in [-0.2, -0.15) is 10.5 Å². The molecule has 1 heterocycles. The molecule has 2 aromatic rings. The molecule has 25 heavy (non-hydrogen) atoms. The number of methoxy groups -OCH3 is 1. The number of aryl methyl sites for hydroxylation is 2. The van der Waals surface area contributed by atoms with E-state index in [1.165, 1.54) is 15.9 Å². The van der Waals surface area contributed by atoms with Crippen molar-refractivity contribution >= 4 is 23.0 Å². The smallest absolute Gasteiger partial charge is 0.269 e. The van der Waals surface area contributed by atoms with Crippen LogP contribution in [0.1, 0.15) is 23.1 Å². The van der Waals surface area contributed by atoms with Crippen LogP contribution in [0.3, 0.4) is 0 Å². The zero-order valence-electron chi connectivity index (χ0n) is 14.5. The molecule has 0 saturated heterocycles. The van der Waals surface area contributed by atoms with Crippen molar-refractivity contribution in [2.24, 2.45) is 0 Å². The zero-order valence-corrected chi connectivity index (χ0v) is 15.3. The molecule has 1 aromatic heterocycles. The summed E-state index contributed by atoms with van der Waals surface area (Å²) >= 11 is 1.18. The number of ether oxygens (including phenoxy) is 1. The van der Waals surface area contributed by atoms with E-state index in [1.54, 1.807) is 7.11 Å². The lowest BCUT2D eigenvalue weighted by Gasteiger charge is -2.01. The molecule has 5 nitrogen and oxygen atoms in total. The van der Waals surface area contributed by atoms with Gasteiger partial charge in [-0.25, -0.2) is 0 Å². The van der Waals surface area contributed by atoms with E-state index in [9.17, 15) is 15.3 Å². The largest absolute Gasteiger partial charge is 0.385 e. The highest BCUT2D eigenvalue weighted by Gasteiger charge is 2.09. The molecule has 128 valence electrons. The van der Waals surface area contributed by atoms with Crippen molar-refractivity contribution in [3.8, 4) is 12.1 Å². The maximum Gasteiger partial charge on any atom is 0.269 e. The Labute approximate surface area is 150 Å². The van der Waals surface area contributed by atoms with Crippen LogP contribution in [0.15, 0.2) is 23.0 Å². The lowest BCUT2D eigenvalue weighted by atomic mass is 10.1. The molecule has 6 heteroatoms. The van der Waals surface area contributed by atoms with Gasteiger partial charge in [0.2, 0.25) is 0 Å². The van der Waals surface area contributed by atoms with E-state index in [-0.39, 0.29) is 11.1 Å². The molecule has 0 N–H and O–H groups in total. The van der Waals surface area contributed by atoms with Crippen LogP contribution in [-0.4, -0.2) is 18.3 Å². The van der Waals surface area contributed by atoms with Gasteiger partial charge in [-0.1, -0.05) is 23.8 Å². The second kappa shape index (κ2) is 8.43. The van der Waals surface area contributed by atoms with Crippen molar-refractivity contribution in [2.45, 2.75) is 26.8 Å². The molecule has 0 fully saturated rings. The summed E-state index contributed by atoms with van der Waals surface area (Å²) in [5.41, 5.74) is 2.91. The first-order chi connectivity index (χ1) is 12.0. The van der Waals surface area contributed by atoms with Gasteiger partial charge in [0.15, 0.2) is 5.57 Å². The van der Waals surface area contributed by atoms with Crippen LogP contribution < -0.4 is 14.8 Å². The van der Waals surface area contributed by atoms with Gasteiger partial charge in [0.05, 0.1) is 4.53 Å². The summed E-state index contributed by atoms with van der Waals surface area (Å²) in [5, 5.41) is 18.4. The Morgan fingerprint density at radius 3 is 2.68 bits per heavy atom. The third kappa shape index (κ3) is 4.24. The van der Waals surface area contributed by atoms with Gasteiger partial charge < -0.3 is 4.74 Å². The summed E-state index contributed by atoms with van der Waals surface area (Å²) < 4.78 is 7.46. The topological polar surface area (TPSA) is 78.8 Å². The van der Waals surface area contributed by atoms with E-state index in [1.807, 2.05) is 50.3 Å². The molecule has 0 amide bonds. The van der Waals surface area contributed by atoms with E-state index in [0.29, 0.717) is 28.8 Å². The van der Waals surface area contributed by atoms with Crippen molar-refractivity contribution in [1.82, 2.24) is 4.57 Å². The highest BCUT2D eigenvalue weighted by Crippen LogP contribution is 2.11. The average Bonchev–Trinajstić information content (AvgIpc) is 2.89. The molecule has 0 aliphatic rings. The number of nitriles is 2. The summed E-state index contributed by atoms with van der Waals surface area (Å²) in [5.74, 6) is 0. The Kier molecular flexibility index (Phi) is 6.30. The first-order valence-electron chi connectivity index (χ1n) is 7.84. The second-order valence-corrected chi connectivity index (χ2v) is 6.71. The highest BCUT2D eigenvalue weighted by atomic mass is 32.1. The number of hydrogen-bond acceptors (Lipinski definition) is 5. The number of thiazole rings is 1. The van der Waals surface area contributed by atoms with Crippen molar-refractivity contribution in [3.05, 3.63) is 54.4 Å². The van der Waals surface area contributed by atoms with Gasteiger partial charge in [-0.3, -0.25) is 9.36 Å². The molecule has 0 saturated carbocycles. The van der Waals surface area contributed by atoms with Crippen molar-refractivity contribution < 1.29 is 4.74 Å². The Morgan fingerprint density at radius 2 is 2.04 bits per heavy atom. The summed E-state index contributed by atoms with van der Waals surface area (Å²) in [4.78, 5) is 12.8. The van der Waals surface area contributed by atoms with Gasteiger partial charge in [-0.15, -0.1) is 11.3 Å². The van der Waals surface area contributed by atoms with Crippen LogP contribution >= 0.6 is 11.3 Å². The van der Waals surface area contributed by atoms with E-state index < -0.39 is 0 Å². The standard InChI is InChI=1S/C19H19N3O2S/c1-13-5-6-14(2)15(9-13)10-17-18(23)22(7-4-8-24-3)19(25-17)16(11-20)12-21/h5-6,9-10H,4,7-8H2,1-3H3/b17-10-. The maximum atomic E-state index is 12.8. The molecule has 2 rings (SSSR count). The number of hydrogen-bond donors (Lipinski definition) is 0. The zero-order chi connectivity index (χ0) is 18.4. The molecule has 0 radical (unpaired) electrons. The number of nitrogens with zero attached hydrogens (tertiary/aromatic N) is 3. The minimum absolute atomic E-state index is 0.0415. The third-order valence-corrected chi connectivity index (χ3v) is 4.93. The summed E-state index contributed by atoms with van der Waals surface area (Å²) in [6.45, 7) is 4.90. The van der Waals surface area contributed by atoms with Crippen LogP contribution in [0.5, 0.6) is 0 Å². The molecule has 0 aliphatic heterocycles. The van der Waals surface area contributed by atoms with Gasteiger partial charge in [0.1, 0.15) is 16.8 Å². The van der Waals surface area contributed by atoms with Crippen LogP contribution in [0.25, 0.3) is 11.6 Å². The number of aromatic nitrogens is 1. The van der Waals surface area contributed by atoms with Crippen LogP contribution in [-0.2, 0) is 11.3 Å². The Hall–Kier alpha value is -2.67. The molecular formula is C19H19N3O2S. The van der Waals surface area contributed by atoms with Crippen LogP contribution in [0, 0.1) is 36.5 Å². The fourth-order valence-electron chi connectivity index (χ4n) is 2.45. The molecule has 0 bridgehead atoms. The summed E-state index contributed by atoms with van der Waals surface area (Å²) in [6, 6.07) is 9.82. The molecule has 0 atom stereocenters. The van der Waals surface area contributed by atoms with Crippen molar-refractivity contribution in [2.75, 3.05) is 13.7 Å². The van der Waals surface area contributed by atoms with E-state index in [4.69, 9.17) is 4.74 Å². The van der Waals surface area contributed by atoms with Gasteiger partial charge >= 0.3 is 0 Å². The Bertz CT molecular complexity index is 1020. The number of rotatable bonds is 5. The highest BCUT2D eigenvalue weighted by molar-refractivity contribution is 7.07. The van der Waals surface area contributed by atoms with E-state index >= 15 is 0 Å². The molecule has 1 aromatic carbocycles. The molecule has 0 aliphatic carbocycles. The fraction of sp³-hybridized carbons (Fsp3) is 0.316. The van der Waals surface area contributed by atoms with Gasteiger partial charge in [0, 0.05) is 20.3 Å². The van der Waals surface area contributed by atoms with E-state index in [2.05, 4.69) is 0 Å². The lowest BCUT2D eigenvalue weighted by Crippen LogP contribution is -2.32. The molecule has 0 unspecified atom stereocenters. The second-order valence-electron chi connectivity index (χ2n) is 5.68. The fourth-order valence-corrected chi connectivity index (χ4v) is 3.52.